The Morgan fingerprint density at radius 1 is 1.46 bits per heavy atom. The molecule has 2 rings (SSSR count). The van der Waals surface area contributed by atoms with E-state index < -0.39 is 0 Å². The zero-order chi connectivity index (χ0) is 9.10. The van der Waals surface area contributed by atoms with Crippen LogP contribution in [0.25, 0.3) is 10.6 Å². The second-order valence-electron chi connectivity index (χ2n) is 2.67. The van der Waals surface area contributed by atoms with Crippen molar-refractivity contribution in [3.63, 3.8) is 0 Å². The summed E-state index contributed by atoms with van der Waals surface area (Å²) >= 11 is 1.44. The molecule has 3 nitrogen and oxygen atoms in total. The summed E-state index contributed by atoms with van der Waals surface area (Å²) < 4.78 is 9.60. The fourth-order valence-electron chi connectivity index (χ4n) is 1.12. The Labute approximate surface area is 80.6 Å². The lowest BCUT2D eigenvalue weighted by Gasteiger charge is -1.92. The molecule has 0 saturated heterocycles. The van der Waals surface area contributed by atoms with Crippen molar-refractivity contribution in [2.45, 2.75) is 6.54 Å². The van der Waals surface area contributed by atoms with Gasteiger partial charge in [0, 0.05) is 6.20 Å². The van der Waals surface area contributed by atoms with Crippen molar-refractivity contribution in [2.24, 2.45) is 0 Å². The summed E-state index contributed by atoms with van der Waals surface area (Å²) in [5.41, 5.74) is 0. The quantitative estimate of drug-likeness (QED) is 0.813. The van der Waals surface area contributed by atoms with Crippen LogP contribution in [0.2, 0.25) is 0 Å². The molecule has 4 heteroatoms. The summed E-state index contributed by atoms with van der Waals surface area (Å²) in [6, 6.07) is 5.90. The summed E-state index contributed by atoms with van der Waals surface area (Å²) in [7, 11) is 1.90. The van der Waals surface area contributed by atoms with Crippen molar-refractivity contribution in [3.8, 4) is 10.6 Å². The van der Waals surface area contributed by atoms with Gasteiger partial charge in [-0.2, -0.15) is 0 Å². The maximum absolute atomic E-state index is 5.58. The van der Waals surface area contributed by atoms with E-state index in [0.717, 1.165) is 22.9 Å². The minimum Gasteiger partial charge on any atom is -0.459 e. The molecule has 2 heterocycles. The summed E-state index contributed by atoms with van der Waals surface area (Å²) in [6.07, 6.45) is 1.78. The van der Waals surface area contributed by atoms with Crippen molar-refractivity contribution in [1.29, 1.82) is 0 Å². The summed E-state index contributed by atoms with van der Waals surface area (Å²) in [5.74, 6) is 1.85. The van der Waals surface area contributed by atoms with Crippen molar-refractivity contribution in [3.05, 3.63) is 30.2 Å². The average Bonchev–Trinajstić information content (AvgIpc) is 2.70. The maximum Gasteiger partial charge on any atom is 0.145 e. The lowest BCUT2D eigenvalue weighted by molar-refractivity contribution is 0.508. The van der Waals surface area contributed by atoms with E-state index in [4.69, 9.17) is 4.42 Å². The summed E-state index contributed by atoms with van der Waals surface area (Å²) in [6.45, 7) is 0.763. The molecule has 0 aromatic carbocycles. The average molecular weight is 194 g/mol. The number of hydrogen-bond acceptors (Lipinski definition) is 4. The third-order valence-electron chi connectivity index (χ3n) is 1.69. The molecule has 2 aromatic heterocycles. The van der Waals surface area contributed by atoms with Gasteiger partial charge in [-0.3, -0.25) is 0 Å². The van der Waals surface area contributed by atoms with Crippen molar-refractivity contribution in [1.82, 2.24) is 9.69 Å². The Bertz CT molecular complexity index is 367. The van der Waals surface area contributed by atoms with Gasteiger partial charge >= 0.3 is 0 Å². The Balaban J connectivity index is 2.23. The molecule has 0 aliphatic heterocycles. The Morgan fingerprint density at radius 2 is 2.38 bits per heavy atom. The molecule has 13 heavy (non-hydrogen) atoms. The van der Waals surface area contributed by atoms with Crippen LogP contribution in [0, 0.1) is 0 Å². The Kier molecular flexibility index (Phi) is 2.42. The number of rotatable bonds is 3. The number of nitrogens with one attached hydrogen (secondary N) is 1. The van der Waals surface area contributed by atoms with Gasteiger partial charge in [0.25, 0.3) is 0 Å². The first-order valence-electron chi connectivity index (χ1n) is 4.04. The van der Waals surface area contributed by atoms with Crippen LogP contribution in [0.4, 0.5) is 0 Å². The van der Waals surface area contributed by atoms with Crippen LogP contribution >= 0.6 is 11.5 Å². The Hall–Kier alpha value is -1.13. The van der Waals surface area contributed by atoms with Crippen molar-refractivity contribution in [2.75, 3.05) is 7.05 Å². The van der Waals surface area contributed by atoms with Crippen LogP contribution in [0.15, 0.2) is 28.8 Å². The lowest BCUT2D eigenvalue weighted by Crippen LogP contribution is -2.03. The molecule has 0 aliphatic carbocycles. The molecule has 0 atom stereocenters. The highest BCUT2D eigenvalue weighted by Crippen LogP contribution is 2.24. The lowest BCUT2D eigenvalue weighted by atomic mass is 10.4. The number of nitrogens with zero attached hydrogens (tertiary/aromatic N) is 1. The van der Waals surface area contributed by atoms with Crippen LogP contribution in [-0.4, -0.2) is 11.4 Å². The predicted octanol–water partition coefficient (Wildman–Crippen LogP) is 2.12. The molecule has 0 fully saturated rings. The smallest absolute Gasteiger partial charge is 0.145 e. The van der Waals surface area contributed by atoms with Gasteiger partial charge in [0.1, 0.15) is 11.5 Å². The molecule has 0 bridgehead atoms. The first kappa shape index (κ1) is 8.47. The van der Waals surface area contributed by atoms with E-state index in [1.165, 1.54) is 11.5 Å². The highest BCUT2D eigenvalue weighted by atomic mass is 32.1. The molecule has 0 unspecified atom stereocenters. The van der Waals surface area contributed by atoms with Gasteiger partial charge in [0.15, 0.2) is 0 Å². The Morgan fingerprint density at radius 3 is 3.08 bits per heavy atom. The van der Waals surface area contributed by atoms with Crippen LogP contribution in [0.3, 0.4) is 0 Å². The van der Waals surface area contributed by atoms with Gasteiger partial charge in [0.05, 0.1) is 11.4 Å². The van der Waals surface area contributed by atoms with Gasteiger partial charge in [-0.05, 0) is 36.8 Å². The van der Waals surface area contributed by atoms with E-state index in [-0.39, 0.29) is 0 Å². The fourth-order valence-corrected chi connectivity index (χ4v) is 1.68. The van der Waals surface area contributed by atoms with Crippen LogP contribution in [0.1, 0.15) is 5.76 Å². The van der Waals surface area contributed by atoms with Crippen molar-refractivity contribution < 1.29 is 4.42 Å². The maximum atomic E-state index is 5.58. The predicted molar refractivity (Wildman–Crippen MR) is 52.6 cm³/mol. The zero-order valence-corrected chi connectivity index (χ0v) is 8.10. The van der Waals surface area contributed by atoms with Crippen molar-refractivity contribution >= 4 is 11.5 Å². The topological polar surface area (TPSA) is 38.1 Å². The molecule has 0 radical (unpaired) electrons. The first-order chi connectivity index (χ1) is 6.40. The highest BCUT2D eigenvalue weighted by molar-refractivity contribution is 7.09. The van der Waals surface area contributed by atoms with Gasteiger partial charge in [-0.25, -0.2) is 4.37 Å². The van der Waals surface area contributed by atoms with Gasteiger partial charge in [-0.1, -0.05) is 0 Å². The molecular weight excluding hydrogens is 184 g/mol. The minimum absolute atomic E-state index is 0.763. The third kappa shape index (κ3) is 1.79. The molecular formula is C9H10N2OS. The SMILES string of the molecule is CNCc1ccc(-c2ccns2)o1. The molecule has 1 N–H and O–H groups in total. The van der Waals surface area contributed by atoms with Crippen LogP contribution in [-0.2, 0) is 6.54 Å². The third-order valence-corrected chi connectivity index (χ3v) is 2.45. The second-order valence-corrected chi connectivity index (χ2v) is 3.51. The number of furan rings is 1. The summed E-state index contributed by atoms with van der Waals surface area (Å²) in [4.78, 5) is 1.07. The van der Waals surface area contributed by atoms with E-state index in [2.05, 4.69) is 9.69 Å². The van der Waals surface area contributed by atoms with E-state index in [0.29, 0.717) is 0 Å². The molecule has 0 amide bonds. The second kappa shape index (κ2) is 3.72. The summed E-state index contributed by atoms with van der Waals surface area (Å²) in [5, 5.41) is 3.04. The zero-order valence-electron chi connectivity index (χ0n) is 7.28. The van der Waals surface area contributed by atoms with Crippen LogP contribution < -0.4 is 5.32 Å². The standard InChI is InChI=1S/C9H10N2OS/c1-10-6-7-2-3-8(12-7)9-4-5-11-13-9/h2-5,10H,6H2,1H3. The van der Waals surface area contributed by atoms with E-state index in [1.807, 2.05) is 25.2 Å². The minimum atomic E-state index is 0.763. The highest BCUT2D eigenvalue weighted by Gasteiger charge is 2.04. The largest absolute Gasteiger partial charge is 0.459 e. The first-order valence-corrected chi connectivity index (χ1v) is 4.82. The van der Waals surface area contributed by atoms with E-state index in [9.17, 15) is 0 Å². The molecule has 2 aromatic rings. The van der Waals surface area contributed by atoms with Crippen LogP contribution in [0.5, 0.6) is 0 Å². The van der Waals surface area contributed by atoms with Gasteiger partial charge in [-0.15, -0.1) is 0 Å². The molecule has 0 aliphatic rings. The molecule has 68 valence electrons. The normalized spacial score (nSPS) is 10.5. The number of aromatic nitrogens is 1. The fraction of sp³-hybridized carbons (Fsp3) is 0.222. The molecule has 0 saturated carbocycles. The monoisotopic (exact) mass is 194 g/mol. The van der Waals surface area contributed by atoms with E-state index >= 15 is 0 Å². The van der Waals surface area contributed by atoms with Gasteiger partial charge < -0.3 is 9.73 Å². The van der Waals surface area contributed by atoms with E-state index in [1.54, 1.807) is 6.20 Å². The van der Waals surface area contributed by atoms with Gasteiger partial charge in [0.2, 0.25) is 0 Å². The molecule has 0 spiro atoms. The number of hydrogen-bond donors (Lipinski definition) is 1.